The number of rotatable bonds is 5. The molecule has 2 aliphatic heterocycles. The molecule has 0 aromatic heterocycles. The van der Waals surface area contributed by atoms with Crippen molar-refractivity contribution >= 4 is 29.1 Å². The Morgan fingerprint density at radius 1 is 0.882 bits per heavy atom. The number of carbonyl (C=O) groups is 3. The molecule has 1 fully saturated rings. The van der Waals surface area contributed by atoms with Gasteiger partial charge in [-0.1, -0.05) is 36.4 Å². The van der Waals surface area contributed by atoms with Gasteiger partial charge in [-0.3, -0.25) is 14.4 Å². The Bertz CT molecular complexity index is 1230. The Kier molecular flexibility index (Phi) is 5.86. The Labute approximate surface area is 198 Å². The van der Waals surface area contributed by atoms with Crippen LogP contribution in [0, 0.1) is 0 Å². The fraction of sp³-hybridized carbons (Fsp3) is 0.222. The van der Waals surface area contributed by atoms with Crippen LogP contribution >= 0.6 is 0 Å². The fourth-order valence-corrected chi connectivity index (χ4v) is 4.51. The van der Waals surface area contributed by atoms with Crippen LogP contribution in [0.1, 0.15) is 36.6 Å². The molecule has 2 aliphatic rings. The molecule has 3 aromatic carbocycles. The smallest absolute Gasteiger partial charge is 0.266 e. The molecule has 7 nitrogen and oxygen atoms in total. The van der Waals surface area contributed by atoms with Gasteiger partial charge in [-0.2, -0.15) is 0 Å². The molecule has 0 saturated carbocycles. The van der Waals surface area contributed by atoms with Gasteiger partial charge in [0.2, 0.25) is 0 Å². The third-order valence-corrected chi connectivity index (χ3v) is 6.24. The molecule has 5 rings (SSSR count). The molecule has 0 radical (unpaired) electrons. The van der Waals surface area contributed by atoms with E-state index in [4.69, 9.17) is 4.74 Å². The van der Waals surface area contributed by atoms with Crippen LogP contribution in [-0.2, 0) is 11.3 Å². The molecular weight excluding hydrogens is 430 g/mol. The highest BCUT2D eigenvalue weighted by Gasteiger charge is 2.36. The summed E-state index contributed by atoms with van der Waals surface area (Å²) >= 11 is 0. The summed E-state index contributed by atoms with van der Waals surface area (Å²) in [5, 5.41) is 0. The van der Waals surface area contributed by atoms with Gasteiger partial charge in [0.15, 0.2) is 0 Å². The van der Waals surface area contributed by atoms with Gasteiger partial charge in [0.25, 0.3) is 17.7 Å². The van der Waals surface area contributed by atoms with Crippen LogP contribution < -0.4 is 9.80 Å². The van der Waals surface area contributed by atoms with Crippen LogP contribution in [0.25, 0.3) is 0 Å². The number of fused-ring (bicyclic) bond motifs is 1. The van der Waals surface area contributed by atoms with Crippen molar-refractivity contribution in [3.8, 4) is 0 Å². The van der Waals surface area contributed by atoms with E-state index >= 15 is 0 Å². The summed E-state index contributed by atoms with van der Waals surface area (Å²) in [4.78, 5) is 44.0. The van der Waals surface area contributed by atoms with Gasteiger partial charge in [-0.05, 0) is 42.0 Å². The Hall–Kier alpha value is -3.97. The van der Waals surface area contributed by atoms with Crippen molar-refractivity contribution in [1.29, 1.82) is 0 Å². The lowest BCUT2D eigenvalue weighted by atomic mass is 10.1. The van der Waals surface area contributed by atoms with Crippen molar-refractivity contribution in [2.45, 2.75) is 6.54 Å². The number of para-hydroxylation sites is 1. The normalized spacial score (nSPS) is 15.4. The third-order valence-electron chi connectivity index (χ3n) is 6.24. The van der Waals surface area contributed by atoms with E-state index in [1.807, 2.05) is 18.2 Å². The number of ether oxygens (including phenoxy) is 1. The minimum atomic E-state index is -0.377. The summed E-state index contributed by atoms with van der Waals surface area (Å²) in [6.45, 7) is 3.44. The standard InChI is InChI=1S/C27H25N3O4/c1-28(18-20-7-2-5-12-24(20)29-13-15-34-16-14-29)25(31)19-8-6-9-21(17-19)30-26(32)22-10-3-4-11-23(22)27(30)33/h2-12,17H,13-16,18H2,1H3. The highest BCUT2D eigenvalue weighted by Crippen LogP contribution is 2.29. The molecule has 7 heteroatoms. The second-order valence-electron chi connectivity index (χ2n) is 8.43. The molecule has 3 aromatic rings. The largest absolute Gasteiger partial charge is 0.378 e. The molecule has 0 atom stereocenters. The van der Waals surface area contributed by atoms with Crippen LogP contribution in [0.3, 0.4) is 0 Å². The average Bonchev–Trinajstić information content (AvgIpc) is 3.14. The van der Waals surface area contributed by atoms with E-state index < -0.39 is 0 Å². The Balaban J connectivity index is 1.36. The monoisotopic (exact) mass is 455 g/mol. The van der Waals surface area contributed by atoms with E-state index in [1.165, 1.54) is 0 Å². The van der Waals surface area contributed by atoms with Crippen molar-refractivity contribution in [3.63, 3.8) is 0 Å². The molecule has 2 heterocycles. The minimum Gasteiger partial charge on any atom is -0.378 e. The number of benzene rings is 3. The SMILES string of the molecule is CN(Cc1ccccc1N1CCOCC1)C(=O)c1cccc(N2C(=O)c3ccccc3C2=O)c1. The zero-order valence-corrected chi connectivity index (χ0v) is 18.9. The van der Waals surface area contributed by atoms with Gasteiger partial charge in [-0.25, -0.2) is 4.90 Å². The quantitative estimate of drug-likeness (QED) is 0.550. The molecule has 0 unspecified atom stereocenters. The highest BCUT2D eigenvalue weighted by molar-refractivity contribution is 6.34. The number of anilines is 2. The summed E-state index contributed by atoms with van der Waals surface area (Å²) in [6.07, 6.45) is 0. The summed E-state index contributed by atoms with van der Waals surface area (Å²) in [7, 11) is 1.76. The number of amides is 3. The van der Waals surface area contributed by atoms with E-state index in [-0.39, 0.29) is 17.7 Å². The second kappa shape index (κ2) is 9.11. The van der Waals surface area contributed by atoms with Gasteiger partial charge >= 0.3 is 0 Å². The van der Waals surface area contributed by atoms with Crippen LogP contribution in [0.15, 0.2) is 72.8 Å². The van der Waals surface area contributed by atoms with Crippen molar-refractivity contribution in [2.75, 3.05) is 43.2 Å². The lowest BCUT2D eigenvalue weighted by Crippen LogP contribution is -2.37. The van der Waals surface area contributed by atoms with Gasteiger partial charge in [-0.15, -0.1) is 0 Å². The molecule has 172 valence electrons. The molecule has 0 N–H and O–H groups in total. The Morgan fingerprint density at radius 3 is 2.24 bits per heavy atom. The van der Waals surface area contributed by atoms with Gasteiger partial charge < -0.3 is 14.5 Å². The van der Waals surface area contributed by atoms with Gasteiger partial charge in [0, 0.05) is 37.9 Å². The maximum absolute atomic E-state index is 13.3. The van der Waals surface area contributed by atoms with Crippen LogP contribution in [0.5, 0.6) is 0 Å². The van der Waals surface area contributed by atoms with Gasteiger partial charge in [0.05, 0.1) is 30.0 Å². The van der Waals surface area contributed by atoms with Gasteiger partial charge in [0.1, 0.15) is 0 Å². The van der Waals surface area contributed by atoms with Crippen molar-refractivity contribution in [3.05, 3.63) is 95.1 Å². The molecule has 3 amide bonds. The summed E-state index contributed by atoms with van der Waals surface area (Å²) in [5.74, 6) is -0.939. The number of nitrogens with zero attached hydrogens (tertiary/aromatic N) is 3. The zero-order chi connectivity index (χ0) is 23.7. The number of imide groups is 1. The van der Waals surface area contributed by atoms with Crippen molar-refractivity contribution in [1.82, 2.24) is 4.90 Å². The molecular formula is C27H25N3O4. The van der Waals surface area contributed by atoms with Crippen LogP contribution in [0.2, 0.25) is 0 Å². The zero-order valence-electron chi connectivity index (χ0n) is 18.9. The van der Waals surface area contributed by atoms with E-state index in [0.29, 0.717) is 42.1 Å². The fourth-order valence-electron chi connectivity index (χ4n) is 4.51. The van der Waals surface area contributed by atoms with E-state index in [0.717, 1.165) is 29.2 Å². The first kappa shape index (κ1) is 21.9. The maximum atomic E-state index is 13.3. The number of carbonyl (C=O) groups excluding carboxylic acids is 3. The van der Waals surface area contributed by atoms with E-state index in [1.54, 1.807) is 60.5 Å². The van der Waals surface area contributed by atoms with E-state index in [2.05, 4.69) is 11.0 Å². The molecule has 0 spiro atoms. The van der Waals surface area contributed by atoms with Crippen molar-refractivity contribution in [2.24, 2.45) is 0 Å². The minimum absolute atomic E-state index is 0.185. The molecule has 34 heavy (non-hydrogen) atoms. The molecule has 1 saturated heterocycles. The predicted molar refractivity (Wildman–Crippen MR) is 129 cm³/mol. The number of hydrogen-bond acceptors (Lipinski definition) is 5. The molecule has 0 aliphatic carbocycles. The summed E-state index contributed by atoms with van der Waals surface area (Å²) < 4.78 is 5.47. The van der Waals surface area contributed by atoms with Crippen LogP contribution in [0.4, 0.5) is 11.4 Å². The lowest BCUT2D eigenvalue weighted by Gasteiger charge is -2.31. The lowest BCUT2D eigenvalue weighted by molar-refractivity contribution is 0.0783. The summed E-state index contributed by atoms with van der Waals surface area (Å²) in [6, 6.07) is 21.5. The topological polar surface area (TPSA) is 70.2 Å². The third kappa shape index (κ3) is 3.95. The second-order valence-corrected chi connectivity index (χ2v) is 8.43. The maximum Gasteiger partial charge on any atom is 0.266 e. The number of hydrogen-bond donors (Lipinski definition) is 0. The first-order chi connectivity index (χ1) is 16.5. The highest BCUT2D eigenvalue weighted by atomic mass is 16.5. The molecule has 0 bridgehead atoms. The number of morpholine rings is 1. The average molecular weight is 456 g/mol. The first-order valence-corrected chi connectivity index (χ1v) is 11.3. The summed E-state index contributed by atoms with van der Waals surface area (Å²) in [5.41, 5.74) is 3.71. The van der Waals surface area contributed by atoms with Crippen LogP contribution in [-0.4, -0.2) is 56.0 Å². The predicted octanol–water partition coefficient (Wildman–Crippen LogP) is 3.60. The Morgan fingerprint density at radius 2 is 1.53 bits per heavy atom. The first-order valence-electron chi connectivity index (χ1n) is 11.3. The van der Waals surface area contributed by atoms with Crippen molar-refractivity contribution < 1.29 is 19.1 Å². The van der Waals surface area contributed by atoms with E-state index in [9.17, 15) is 14.4 Å².